The number of anilines is 1. The lowest BCUT2D eigenvalue weighted by Gasteiger charge is -2.32. The highest BCUT2D eigenvalue weighted by Crippen LogP contribution is 2.29. The van der Waals surface area contributed by atoms with Crippen molar-refractivity contribution in [3.05, 3.63) is 28.7 Å². The first kappa shape index (κ1) is 16.3. The van der Waals surface area contributed by atoms with Crippen LogP contribution in [0.1, 0.15) is 33.1 Å². The Balaban J connectivity index is 2.19. The molecule has 3 N–H and O–H groups in total. The van der Waals surface area contributed by atoms with Crippen molar-refractivity contribution in [2.24, 2.45) is 5.73 Å². The molecule has 5 heteroatoms. The second-order valence-electron chi connectivity index (χ2n) is 6.06. The minimum Gasteiger partial charge on any atom is -0.371 e. The highest BCUT2D eigenvalue weighted by Gasteiger charge is 2.38. The second-order valence-corrected chi connectivity index (χ2v) is 6.98. The van der Waals surface area contributed by atoms with Gasteiger partial charge in [-0.2, -0.15) is 0 Å². The third-order valence-corrected chi connectivity index (χ3v) is 4.78. The molecule has 1 saturated heterocycles. The van der Waals surface area contributed by atoms with Crippen LogP contribution in [0.4, 0.5) is 5.69 Å². The van der Waals surface area contributed by atoms with Gasteiger partial charge in [0, 0.05) is 22.7 Å². The molecule has 1 aromatic rings. The third kappa shape index (κ3) is 3.98. The van der Waals surface area contributed by atoms with E-state index in [4.69, 9.17) is 5.73 Å². The minimum atomic E-state index is -0.648. The Bertz CT molecular complexity index is 506. The summed E-state index contributed by atoms with van der Waals surface area (Å²) in [6, 6.07) is 8.38. The zero-order chi connectivity index (χ0) is 15.5. The predicted molar refractivity (Wildman–Crippen MR) is 90.3 cm³/mol. The molecule has 0 aromatic heterocycles. The zero-order valence-electron chi connectivity index (χ0n) is 12.7. The Morgan fingerprint density at radius 3 is 2.76 bits per heavy atom. The molecule has 1 atom stereocenters. The van der Waals surface area contributed by atoms with Gasteiger partial charge in [0.25, 0.3) is 0 Å². The summed E-state index contributed by atoms with van der Waals surface area (Å²) in [5.74, 6) is -0.256. The van der Waals surface area contributed by atoms with Crippen molar-refractivity contribution < 1.29 is 4.79 Å². The standard InChI is InChI=1S/C16H24BrN3O/c1-12(2)20-9-4-7-16(8-10-20,15(18)21)19-14-6-3-5-13(17)11-14/h3,5-6,11-12,19H,4,7-10H2,1-2H3,(H2,18,21). The lowest BCUT2D eigenvalue weighted by Crippen LogP contribution is -2.51. The van der Waals surface area contributed by atoms with Crippen LogP contribution < -0.4 is 11.1 Å². The smallest absolute Gasteiger partial charge is 0.243 e. The average molecular weight is 354 g/mol. The molecule has 1 amide bonds. The highest BCUT2D eigenvalue weighted by atomic mass is 79.9. The van der Waals surface area contributed by atoms with E-state index >= 15 is 0 Å². The zero-order valence-corrected chi connectivity index (χ0v) is 14.3. The maximum atomic E-state index is 12.1. The van der Waals surface area contributed by atoms with Crippen LogP contribution in [0.3, 0.4) is 0 Å². The van der Waals surface area contributed by atoms with Crippen LogP contribution in [-0.4, -0.2) is 35.5 Å². The number of nitrogens with two attached hydrogens (primary N) is 1. The molecular weight excluding hydrogens is 330 g/mol. The van der Waals surface area contributed by atoms with Crippen LogP contribution in [0, 0.1) is 0 Å². The number of likely N-dealkylation sites (tertiary alicyclic amines) is 1. The average Bonchev–Trinajstić information content (AvgIpc) is 2.62. The fraction of sp³-hybridized carbons (Fsp3) is 0.562. The van der Waals surface area contributed by atoms with Crippen LogP contribution in [-0.2, 0) is 4.79 Å². The van der Waals surface area contributed by atoms with E-state index in [2.05, 4.69) is 40.0 Å². The highest BCUT2D eigenvalue weighted by molar-refractivity contribution is 9.10. The molecule has 1 aromatic carbocycles. The number of carbonyl (C=O) groups excluding carboxylic acids is 1. The van der Waals surface area contributed by atoms with E-state index in [0.29, 0.717) is 6.04 Å². The lowest BCUT2D eigenvalue weighted by molar-refractivity contribution is -0.122. The van der Waals surface area contributed by atoms with Gasteiger partial charge in [0.2, 0.25) is 5.91 Å². The Morgan fingerprint density at radius 2 is 2.14 bits per heavy atom. The van der Waals surface area contributed by atoms with Crippen LogP contribution in [0.5, 0.6) is 0 Å². The van der Waals surface area contributed by atoms with Gasteiger partial charge >= 0.3 is 0 Å². The maximum absolute atomic E-state index is 12.1. The summed E-state index contributed by atoms with van der Waals surface area (Å²) in [7, 11) is 0. The van der Waals surface area contributed by atoms with Gasteiger partial charge in [-0.25, -0.2) is 0 Å². The van der Waals surface area contributed by atoms with Gasteiger partial charge in [0.15, 0.2) is 0 Å². The summed E-state index contributed by atoms with van der Waals surface area (Å²) in [6.07, 6.45) is 2.49. The fourth-order valence-corrected chi connectivity index (χ4v) is 3.35. The van der Waals surface area contributed by atoms with E-state index < -0.39 is 5.54 Å². The predicted octanol–water partition coefficient (Wildman–Crippen LogP) is 2.98. The monoisotopic (exact) mass is 353 g/mol. The van der Waals surface area contributed by atoms with Crippen LogP contribution in [0.25, 0.3) is 0 Å². The summed E-state index contributed by atoms with van der Waals surface area (Å²) in [6.45, 7) is 6.30. The largest absolute Gasteiger partial charge is 0.371 e. The molecule has 2 rings (SSSR count). The molecule has 21 heavy (non-hydrogen) atoms. The van der Waals surface area contributed by atoms with Gasteiger partial charge in [-0.1, -0.05) is 22.0 Å². The molecule has 1 heterocycles. The number of rotatable bonds is 4. The van der Waals surface area contributed by atoms with Gasteiger partial charge < -0.3 is 16.0 Å². The van der Waals surface area contributed by atoms with Gasteiger partial charge in [0.1, 0.15) is 5.54 Å². The Hall–Kier alpha value is -1.07. The molecule has 4 nitrogen and oxygen atoms in total. The van der Waals surface area contributed by atoms with E-state index in [1.165, 1.54) is 0 Å². The number of nitrogens with zero attached hydrogens (tertiary/aromatic N) is 1. The van der Waals surface area contributed by atoms with E-state index in [1.54, 1.807) is 0 Å². The number of halogens is 1. The Kier molecular flexibility index (Phi) is 5.27. The first-order valence-corrected chi connectivity index (χ1v) is 8.30. The van der Waals surface area contributed by atoms with Gasteiger partial charge in [-0.05, 0) is 57.9 Å². The lowest BCUT2D eigenvalue weighted by atomic mass is 9.89. The van der Waals surface area contributed by atoms with Crippen molar-refractivity contribution in [2.75, 3.05) is 18.4 Å². The van der Waals surface area contributed by atoms with E-state index in [0.717, 1.165) is 42.5 Å². The molecule has 1 fully saturated rings. The molecule has 0 aliphatic carbocycles. The fourth-order valence-electron chi connectivity index (χ4n) is 2.95. The van der Waals surface area contributed by atoms with Crippen molar-refractivity contribution in [3.8, 4) is 0 Å². The Labute approximate surface area is 135 Å². The molecule has 116 valence electrons. The molecule has 1 aliphatic heterocycles. The van der Waals surface area contributed by atoms with Crippen molar-refractivity contribution in [1.82, 2.24) is 4.90 Å². The summed E-state index contributed by atoms with van der Waals surface area (Å²) in [5, 5.41) is 3.40. The van der Waals surface area contributed by atoms with Gasteiger partial charge in [-0.3, -0.25) is 4.79 Å². The van der Waals surface area contributed by atoms with Crippen LogP contribution >= 0.6 is 15.9 Å². The number of nitrogens with one attached hydrogen (secondary N) is 1. The van der Waals surface area contributed by atoms with Crippen molar-refractivity contribution >= 4 is 27.5 Å². The topological polar surface area (TPSA) is 58.4 Å². The molecule has 0 spiro atoms. The number of benzene rings is 1. The summed E-state index contributed by atoms with van der Waals surface area (Å²) >= 11 is 3.46. The second kappa shape index (κ2) is 6.79. The molecule has 1 unspecified atom stereocenters. The molecular formula is C16H24BrN3O. The first-order valence-electron chi connectivity index (χ1n) is 7.51. The molecule has 0 radical (unpaired) electrons. The maximum Gasteiger partial charge on any atom is 0.243 e. The van der Waals surface area contributed by atoms with Crippen molar-refractivity contribution in [1.29, 1.82) is 0 Å². The van der Waals surface area contributed by atoms with Crippen LogP contribution in [0.15, 0.2) is 28.7 Å². The Morgan fingerprint density at radius 1 is 1.38 bits per heavy atom. The molecule has 0 bridgehead atoms. The van der Waals surface area contributed by atoms with Crippen LogP contribution in [0.2, 0.25) is 0 Å². The number of primary amides is 1. The summed E-state index contributed by atoms with van der Waals surface area (Å²) in [5.41, 5.74) is 6.03. The molecule has 1 aliphatic rings. The number of hydrogen-bond acceptors (Lipinski definition) is 3. The SMILES string of the molecule is CC(C)N1CCCC(Nc2cccc(Br)c2)(C(N)=O)CC1. The van der Waals surface area contributed by atoms with Crippen molar-refractivity contribution in [2.45, 2.75) is 44.7 Å². The summed E-state index contributed by atoms with van der Waals surface area (Å²) < 4.78 is 0.990. The minimum absolute atomic E-state index is 0.256. The first-order chi connectivity index (χ1) is 9.93. The summed E-state index contributed by atoms with van der Waals surface area (Å²) in [4.78, 5) is 14.5. The van der Waals surface area contributed by atoms with E-state index in [1.807, 2.05) is 24.3 Å². The van der Waals surface area contributed by atoms with E-state index in [9.17, 15) is 4.79 Å². The number of carbonyl (C=O) groups is 1. The number of amides is 1. The van der Waals surface area contributed by atoms with Gasteiger partial charge in [0.05, 0.1) is 0 Å². The third-order valence-electron chi connectivity index (χ3n) is 4.28. The molecule has 0 saturated carbocycles. The van der Waals surface area contributed by atoms with E-state index in [-0.39, 0.29) is 5.91 Å². The normalized spacial score (nSPS) is 23.8. The quantitative estimate of drug-likeness (QED) is 0.874. The number of hydrogen-bond donors (Lipinski definition) is 2. The van der Waals surface area contributed by atoms with Gasteiger partial charge in [-0.15, -0.1) is 0 Å². The van der Waals surface area contributed by atoms with Crippen molar-refractivity contribution in [3.63, 3.8) is 0 Å².